The molecule has 3 heterocycles. The van der Waals surface area contributed by atoms with Gasteiger partial charge in [-0.15, -0.1) is 0 Å². The molecule has 0 spiro atoms. The Morgan fingerprint density at radius 1 is 1.54 bits per heavy atom. The van der Waals surface area contributed by atoms with Crippen molar-refractivity contribution in [3.05, 3.63) is 34.6 Å². The monoisotopic (exact) mass is 347 g/mol. The summed E-state index contributed by atoms with van der Waals surface area (Å²) in [6, 6.07) is 1.57. The maximum atomic E-state index is 11.3. The molecule has 4 rings (SSSR count). The molecule has 2 fully saturated rings. The van der Waals surface area contributed by atoms with E-state index in [1.54, 1.807) is 6.07 Å². The summed E-state index contributed by atoms with van der Waals surface area (Å²) in [5.74, 6) is 1.95. The van der Waals surface area contributed by atoms with Gasteiger partial charge in [0.15, 0.2) is 5.82 Å². The van der Waals surface area contributed by atoms with Crippen molar-refractivity contribution in [1.82, 2.24) is 15.1 Å². The maximum Gasteiger partial charge on any atom is 0.250 e. The van der Waals surface area contributed by atoms with Crippen molar-refractivity contribution in [1.29, 1.82) is 0 Å². The van der Waals surface area contributed by atoms with Crippen molar-refractivity contribution in [2.45, 2.75) is 31.6 Å². The molecule has 0 radical (unpaired) electrons. The number of aromatic nitrogens is 3. The fourth-order valence-corrected chi connectivity index (χ4v) is 4.38. The van der Waals surface area contributed by atoms with Crippen molar-refractivity contribution < 1.29 is 9.32 Å². The molecule has 0 unspecified atom stereocenters. The van der Waals surface area contributed by atoms with Crippen molar-refractivity contribution in [3.8, 4) is 0 Å². The number of primary amides is 1. The highest BCUT2D eigenvalue weighted by Crippen LogP contribution is 2.51. The Hall–Kier alpha value is -2.15. The number of carbonyl (C=O) groups excluding carboxylic acids is 1. The Labute approximate surface area is 144 Å². The number of halogens is 1. The average molecular weight is 348 g/mol. The summed E-state index contributed by atoms with van der Waals surface area (Å²) in [6.45, 7) is 3.41. The molecule has 2 aromatic rings. The van der Waals surface area contributed by atoms with E-state index >= 15 is 0 Å². The van der Waals surface area contributed by atoms with E-state index in [0.717, 1.165) is 38.2 Å². The number of amides is 1. The third-order valence-corrected chi connectivity index (χ3v) is 5.51. The summed E-state index contributed by atoms with van der Waals surface area (Å²) in [5, 5.41) is 4.40. The van der Waals surface area contributed by atoms with Gasteiger partial charge in [0.2, 0.25) is 11.8 Å². The zero-order valence-electron chi connectivity index (χ0n) is 13.3. The van der Waals surface area contributed by atoms with Gasteiger partial charge in [-0.05, 0) is 31.7 Å². The zero-order chi connectivity index (χ0) is 16.9. The van der Waals surface area contributed by atoms with Crippen LogP contribution >= 0.6 is 11.6 Å². The van der Waals surface area contributed by atoms with E-state index in [2.05, 4.69) is 20.0 Å². The highest BCUT2D eigenvalue weighted by atomic mass is 35.5. The van der Waals surface area contributed by atoms with Crippen LogP contribution in [0, 0.1) is 12.8 Å². The quantitative estimate of drug-likeness (QED) is 0.912. The van der Waals surface area contributed by atoms with Crippen molar-refractivity contribution >= 4 is 23.3 Å². The lowest BCUT2D eigenvalue weighted by Crippen LogP contribution is -2.32. The number of carbonyl (C=O) groups is 1. The molecule has 1 saturated heterocycles. The Kier molecular flexibility index (Phi) is 3.49. The van der Waals surface area contributed by atoms with Gasteiger partial charge in [-0.25, -0.2) is 4.98 Å². The third-order valence-electron chi connectivity index (χ3n) is 5.23. The number of nitrogens with zero attached hydrogens (tertiary/aromatic N) is 4. The SMILES string of the molecule is Cc1noc([C@]23CCC[C@H]2CN(c2ncc(C(N)=O)cc2Cl)C3)n1. The molecule has 1 aliphatic heterocycles. The van der Waals surface area contributed by atoms with Gasteiger partial charge in [0.25, 0.3) is 0 Å². The number of fused-ring (bicyclic) bond motifs is 1. The first kappa shape index (κ1) is 15.4. The van der Waals surface area contributed by atoms with E-state index in [1.807, 2.05) is 6.92 Å². The minimum Gasteiger partial charge on any atom is -0.366 e. The molecule has 2 aliphatic rings. The molecule has 8 heteroatoms. The topological polar surface area (TPSA) is 98.1 Å². The standard InChI is InChI=1S/C16H18ClN5O2/c1-9-20-15(24-21-9)16-4-2-3-11(16)7-22(8-16)14-12(17)5-10(6-19-14)13(18)23/h5-6,11H,2-4,7-8H2,1H3,(H2,18,23)/t11-,16-/m0/s1. The predicted octanol–water partition coefficient (Wildman–Crippen LogP) is 2.08. The van der Waals surface area contributed by atoms with Crippen LogP contribution in [0.4, 0.5) is 5.82 Å². The molecular formula is C16H18ClN5O2. The van der Waals surface area contributed by atoms with Crippen LogP contribution in [0.15, 0.2) is 16.8 Å². The summed E-state index contributed by atoms with van der Waals surface area (Å²) >= 11 is 6.34. The van der Waals surface area contributed by atoms with Crippen molar-refractivity contribution in [3.63, 3.8) is 0 Å². The van der Waals surface area contributed by atoms with E-state index in [0.29, 0.717) is 28.1 Å². The van der Waals surface area contributed by atoms with Crippen LogP contribution in [-0.4, -0.2) is 34.1 Å². The Balaban J connectivity index is 1.67. The Morgan fingerprint density at radius 3 is 3.04 bits per heavy atom. The molecule has 126 valence electrons. The Morgan fingerprint density at radius 2 is 2.38 bits per heavy atom. The zero-order valence-corrected chi connectivity index (χ0v) is 14.1. The highest BCUT2D eigenvalue weighted by molar-refractivity contribution is 6.33. The lowest BCUT2D eigenvalue weighted by atomic mass is 9.80. The van der Waals surface area contributed by atoms with Crippen LogP contribution in [0.1, 0.15) is 41.3 Å². The van der Waals surface area contributed by atoms with Crippen LogP contribution in [-0.2, 0) is 5.41 Å². The van der Waals surface area contributed by atoms with E-state index in [-0.39, 0.29) is 5.41 Å². The minimum atomic E-state index is -0.535. The van der Waals surface area contributed by atoms with Gasteiger partial charge in [-0.1, -0.05) is 23.2 Å². The molecular weight excluding hydrogens is 330 g/mol. The molecule has 1 aliphatic carbocycles. The summed E-state index contributed by atoms with van der Waals surface area (Å²) in [7, 11) is 0. The molecule has 1 saturated carbocycles. The van der Waals surface area contributed by atoms with Gasteiger partial charge in [0, 0.05) is 19.3 Å². The number of aryl methyl sites for hydroxylation is 1. The van der Waals surface area contributed by atoms with Crippen LogP contribution in [0.5, 0.6) is 0 Å². The number of pyridine rings is 1. The molecule has 24 heavy (non-hydrogen) atoms. The van der Waals surface area contributed by atoms with E-state index in [9.17, 15) is 4.79 Å². The van der Waals surface area contributed by atoms with Crippen LogP contribution in [0.3, 0.4) is 0 Å². The molecule has 7 nitrogen and oxygen atoms in total. The fourth-order valence-electron chi connectivity index (χ4n) is 4.10. The maximum absolute atomic E-state index is 11.3. The van der Waals surface area contributed by atoms with Gasteiger partial charge in [-0.3, -0.25) is 4.79 Å². The summed E-state index contributed by atoms with van der Waals surface area (Å²) < 4.78 is 5.52. The van der Waals surface area contributed by atoms with E-state index in [4.69, 9.17) is 21.9 Å². The fraction of sp³-hybridized carbons (Fsp3) is 0.500. The molecule has 2 aromatic heterocycles. The number of hydrogen-bond donors (Lipinski definition) is 1. The molecule has 0 bridgehead atoms. The number of anilines is 1. The third kappa shape index (κ3) is 2.26. The van der Waals surface area contributed by atoms with E-state index in [1.165, 1.54) is 6.20 Å². The molecule has 1 amide bonds. The summed E-state index contributed by atoms with van der Waals surface area (Å²) in [5.41, 5.74) is 5.46. The lowest BCUT2D eigenvalue weighted by molar-refractivity contribution is 0.1000. The van der Waals surface area contributed by atoms with Crippen LogP contribution < -0.4 is 10.6 Å². The second-order valence-electron chi connectivity index (χ2n) is 6.67. The summed E-state index contributed by atoms with van der Waals surface area (Å²) in [6.07, 6.45) is 4.77. The first-order chi connectivity index (χ1) is 11.5. The van der Waals surface area contributed by atoms with Crippen molar-refractivity contribution in [2.75, 3.05) is 18.0 Å². The van der Waals surface area contributed by atoms with Crippen molar-refractivity contribution in [2.24, 2.45) is 11.7 Å². The van der Waals surface area contributed by atoms with Gasteiger partial charge in [0.05, 0.1) is 16.0 Å². The smallest absolute Gasteiger partial charge is 0.250 e. The van der Waals surface area contributed by atoms with Gasteiger partial charge in [-0.2, -0.15) is 4.98 Å². The first-order valence-corrected chi connectivity index (χ1v) is 8.38. The van der Waals surface area contributed by atoms with Gasteiger partial charge in [0.1, 0.15) is 5.82 Å². The number of rotatable bonds is 3. The normalized spacial score (nSPS) is 25.9. The van der Waals surface area contributed by atoms with E-state index < -0.39 is 5.91 Å². The number of nitrogens with two attached hydrogens (primary N) is 1. The lowest BCUT2D eigenvalue weighted by Gasteiger charge is -2.24. The first-order valence-electron chi connectivity index (χ1n) is 8.01. The summed E-state index contributed by atoms with van der Waals surface area (Å²) in [4.78, 5) is 22.3. The molecule has 2 atom stereocenters. The average Bonchev–Trinajstić information content (AvgIpc) is 3.20. The van der Waals surface area contributed by atoms with Crippen LogP contribution in [0.2, 0.25) is 5.02 Å². The second kappa shape index (κ2) is 5.44. The van der Waals surface area contributed by atoms with Gasteiger partial charge >= 0.3 is 0 Å². The minimum absolute atomic E-state index is 0.130. The van der Waals surface area contributed by atoms with Gasteiger partial charge < -0.3 is 15.2 Å². The highest BCUT2D eigenvalue weighted by Gasteiger charge is 2.54. The number of hydrogen-bond acceptors (Lipinski definition) is 6. The Bertz CT molecular complexity index is 808. The molecule has 2 N–H and O–H groups in total. The largest absolute Gasteiger partial charge is 0.366 e. The predicted molar refractivity (Wildman–Crippen MR) is 88.0 cm³/mol. The second-order valence-corrected chi connectivity index (χ2v) is 7.07. The molecule has 0 aromatic carbocycles. The van der Waals surface area contributed by atoms with Crippen LogP contribution in [0.25, 0.3) is 0 Å².